The molecule has 0 saturated carbocycles. The van der Waals surface area contributed by atoms with Crippen LogP contribution in [0.25, 0.3) is 21.8 Å². The monoisotopic (exact) mass is 1010 g/mol. The molecular formula is C49H48AsN5O8S3. The third-order valence-electron chi connectivity index (χ3n) is 11.5. The fraction of sp³-hybridized carbons (Fsp3) is 0.224. The van der Waals surface area contributed by atoms with Crippen molar-refractivity contribution in [2.24, 2.45) is 5.73 Å². The maximum Gasteiger partial charge on any atom is 0.0261 e. The van der Waals surface area contributed by atoms with E-state index in [0.717, 1.165) is 36.0 Å². The Kier molecular flexibility index (Phi) is 14.2. The number of methoxy groups -OCH3 is 1. The number of carbonyl (C=O) groups excluding carboxylic acids is 2. The largest absolute Gasteiger partial charge is 0.0316 e. The van der Waals surface area contributed by atoms with Crippen molar-refractivity contribution >= 4 is 99.8 Å². The van der Waals surface area contributed by atoms with E-state index >= 15 is 0 Å². The van der Waals surface area contributed by atoms with Gasteiger partial charge in [-0.3, -0.25) is 9.78 Å². The second kappa shape index (κ2) is 20.0. The van der Waals surface area contributed by atoms with E-state index in [1.807, 2.05) is 35.7 Å². The van der Waals surface area contributed by atoms with Crippen LogP contribution in [0.15, 0.2) is 130 Å². The van der Waals surface area contributed by atoms with Gasteiger partial charge in [0.25, 0.3) is 5.91 Å². The molecule has 17 heteroatoms. The molecule has 0 spiro atoms. The number of nitrogens with two attached hydrogens (primary N) is 1. The van der Waals surface area contributed by atoms with Gasteiger partial charge in [0.2, 0.25) is 9.84 Å². The number of nitrogens with one attached hydrogen (secondary N) is 3. The Bertz CT molecular complexity index is 3140. The Morgan fingerprint density at radius 3 is 2.45 bits per heavy atom. The molecule has 66 heavy (non-hydrogen) atoms. The number of amides is 2. The molecule has 8 rings (SSSR count). The minimum absolute atomic E-state index is 0.0193. The van der Waals surface area contributed by atoms with Crippen LogP contribution in [0.5, 0.6) is 11.5 Å². The molecule has 2 atom stereocenters. The molecule has 340 valence electrons. The molecule has 7 N–H and O–H groups in total. The van der Waals surface area contributed by atoms with Gasteiger partial charge in [-0.05, 0) is 55.0 Å². The van der Waals surface area contributed by atoms with Crippen LogP contribution in [0.3, 0.4) is 0 Å². The molecule has 13 nitrogen and oxygen atoms in total. The molecule has 2 amide bonds. The molecule has 0 bridgehead atoms. The summed E-state index contributed by atoms with van der Waals surface area (Å²) in [6.07, 6.45) is 3.78. The smallest absolute Gasteiger partial charge is 0.0261 e. The number of unbranched alkanes of at least 4 members (excludes halogenated alkanes) is 1. The van der Waals surface area contributed by atoms with Crippen LogP contribution in [0.4, 0.5) is 17.1 Å². The topological polar surface area (TPSA) is 214 Å². The van der Waals surface area contributed by atoms with E-state index in [2.05, 4.69) is 32.7 Å². The molecule has 7 aromatic rings. The van der Waals surface area contributed by atoms with Gasteiger partial charge in [0, 0.05) is 23.3 Å². The van der Waals surface area contributed by atoms with Crippen LogP contribution in [-0.2, 0) is 13.9 Å². The number of nitrogens with zero attached hydrogens (tertiary/aromatic N) is 1. The van der Waals surface area contributed by atoms with Gasteiger partial charge in [-0.2, -0.15) is 0 Å². The van der Waals surface area contributed by atoms with Crippen LogP contribution >= 0.6 is 23.5 Å². The number of phenols is 1. The van der Waals surface area contributed by atoms with E-state index in [1.165, 1.54) is 61.3 Å². The number of pyridine rings is 2. The zero-order valence-electron chi connectivity index (χ0n) is 36.1. The molecule has 2 aromatic heterocycles. The number of rotatable bonds is 17. The molecule has 0 radical (unpaired) electrons. The number of sulfone groups is 1. The summed E-state index contributed by atoms with van der Waals surface area (Å²) in [6, 6.07) is 30.1. The van der Waals surface area contributed by atoms with Gasteiger partial charge in [-0.25, -0.2) is 8.42 Å². The van der Waals surface area contributed by atoms with E-state index < -0.39 is 43.5 Å². The molecule has 1 saturated heterocycles. The van der Waals surface area contributed by atoms with E-state index in [4.69, 9.17) is 10.5 Å². The van der Waals surface area contributed by atoms with Gasteiger partial charge in [0.1, 0.15) is 5.75 Å². The van der Waals surface area contributed by atoms with Gasteiger partial charge in [0.15, 0.2) is 0 Å². The van der Waals surface area contributed by atoms with Crippen molar-refractivity contribution in [2.75, 3.05) is 29.2 Å². The van der Waals surface area contributed by atoms with Gasteiger partial charge in [-0.1, -0.05) is 12.1 Å². The van der Waals surface area contributed by atoms with Gasteiger partial charge >= 0.3 is 220 Å². The quantitative estimate of drug-likeness (QED) is 0.0373. The number of aryl methyl sites for hydroxylation is 1. The third-order valence-corrected chi connectivity index (χ3v) is 19.7. The van der Waals surface area contributed by atoms with Crippen molar-refractivity contribution in [3.63, 3.8) is 0 Å². The maximum absolute atomic E-state index is 14.3. The number of anilines is 3. The summed E-state index contributed by atoms with van der Waals surface area (Å²) in [7, 11) is -2.64. The summed E-state index contributed by atoms with van der Waals surface area (Å²) in [4.78, 5) is 45.0. The number of primary amides is 1. The minimum atomic E-state index is -4.18. The molecule has 5 aromatic carbocycles. The number of hydrogen-bond acceptors (Lipinski definition) is 12. The van der Waals surface area contributed by atoms with Gasteiger partial charge < -0.3 is 15.8 Å². The van der Waals surface area contributed by atoms with Crippen molar-refractivity contribution in [1.29, 1.82) is 0 Å². The van der Waals surface area contributed by atoms with Crippen LogP contribution in [0, 0.1) is 6.92 Å². The molecule has 1 aliphatic heterocycles. The number of carbonyl (C=O) groups is 2. The molecular weight excluding hydrogens is 958 g/mol. The standard InChI is InChI=1S/C49H48AsN5O8S3/c1-29-23-36(26-39-44(29)52-28-40(47(51)59)45(39)53-33-8-6-9-34(25-33)63-2)66(61,62)35-10-5-7-30(24-35)48(60)54-32-13-11-31(12-14-32)49(64-21-22-65-49)19-3-4-20-50-27-42(57)37-15-17-41(56)46-38(37)16-18-43(58)55-46/h5-18,23-26,28,42,50,56-57H,3-4,19-22,27H2,1-2H3,(H2,51,59)(H,52,53)(H,54,60)(H,55,58)/t42-/m0/s1. The van der Waals surface area contributed by atoms with Crippen molar-refractivity contribution in [3.05, 3.63) is 154 Å². The van der Waals surface area contributed by atoms with Crippen molar-refractivity contribution in [3.8, 4) is 11.5 Å². The molecule has 1 fully saturated rings. The summed E-state index contributed by atoms with van der Waals surface area (Å²) >= 11 is 3.46. The average Bonchev–Trinajstić information content (AvgIpc) is 3.80. The minimum Gasteiger partial charge on any atom is -0.0316 e. The summed E-state index contributed by atoms with van der Waals surface area (Å²) < 4.78 is 33.8. The van der Waals surface area contributed by atoms with E-state index in [1.54, 1.807) is 49.4 Å². The molecule has 1 aliphatic rings. The van der Waals surface area contributed by atoms with E-state index in [0.29, 0.717) is 61.0 Å². The Hall–Kier alpha value is -5.77. The van der Waals surface area contributed by atoms with Crippen molar-refractivity contribution < 1.29 is 33.0 Å². The predicted molar refractivity (Wildman–Crippen MR) is 266 cm³/mol. The molecule has 3 heterocycles. The number of aromatic amines is 1. The zero-order chi connectivity index (χ0) is 46.6. The number of fused-ring (bicyclic) bond motifs is 2. The van der Waals surface area contributed by atoms with Crippen LogP contribution in [-0.4, -0.2) is 74.8 Å². The summed E-state index contributed by atoms with van der Waals surface area (Å²) in [6.45, 7) is 1.74. The second-order valence-electron chi connectivity index (χ2n) is 15.9. The third kappa shape index (κ3) is 9.98. The van der Waals surface area contributed by atoms with E-state index in [9.17, 15) is 33.0 Å². The number of H-pyrrole nitrogens is 1. The number of phenolic OH excluding ortho intramolecular Hbond substituents is 1. The number of aromatic hydroxyl groups is 1. The average molecular weight is 1010 g/mol. The number of aliphatic hydroxyl groups excluding tert-OH is 1. The van der Waals surface area contributed by atoms with Crippen molar-refractivity contribution in [2.45, 2.75) is 56.6 Å². The first-order chi connectivity index (χ1) is 31.8. The molecule has 1 unspecified atom stereocenters. The Morgan fingerprint density at radius 1 is 0.924 bits per heavy atom. The second-order valence-corrected chi connectivity index (χ2v) is 23.8. The summed E-state index contributed by atoms with van der Waals surface area (Å²) in [5.41, 5.74) is 10.4. The Balaban J connectivity index is 0.918. The number of hydrogen-bond donors (Lipinski definition) is 6. The fourth-order valence-electron chi connectivity index (χ4n) is 8.14. The number of benzene rings is 5. The maximum atomic E-state index is 14.3. The number of aromatic nitrogens is 2. The Morgan fingerprint density at radius 2 is 1.70 bits per heavy atom. The molecule has 0 aliphatic carbocycles. The number of aliphatic hydroxyl groups is 1. The van der Waals surface area contributed by atoms with E-state index in [-0.39, 0.29) is 36.3 Å². The van der Waals surface area contributed by atoms with Crippen LogP contribution in [0.2, 0.25) is 10.4 Å². The number of thioether (sulfide) groups is 2. The Labute approximate surface area is 397 Å². The van der Waals surface area contributed by atoms with Crippen LogP contribution in [0.1, 0.15) is 62.8 Å². The first kappa shape index (κ1) is 46.7. The van der Waals surface area contributed by atoms with Crippen molar-refractivity contribution in [1.82, 2.24) is 9.97 Å². The van der Waals surface area contributed by atoms with Gasteiger partial charge in [-0.15, -0.1) is 0 Å². The van der Waals surface area contributed by atoms with Gasteiger partial charge in [0.05, 0.1) is 33.7 Å². The normalized spacial score (nSPS) is 14.2. The SMILES string of the molecule is COc1cccc(Nc2c(C(N)=O)cnc3c(C)cc(S(=O)(=O)c4cccc(C(=O)Nc5ccc(C6(CCCC[AsH]C[C@H](O)c7ccc(O)c8[nH]c(=O)ccc78)SCCS6)cc5)c4)cc23)c1. The number of ether oxygens (including phenoxy) is 1. The predicted octanol–water partition coefficient (Wildman–Crippen LogP) is 8.84. The summed E-state index contributed by atoms with van der Waals surface area (Å²) in [5, 5.41) is 30.2. The summed E-state index contributed by atoms with van der Waals surface area (Å²) in [5.74, 6) is 1.43. The zero-order valence-corrected chi connectivity index (χ0v) is 40.6. The first-order valence-corrected chi connectivity index (χ1v) is 27.6. The van der Waals surface area contributed by atoms with Crippen LogP contribution < -0.4 is 26.7 Å². The fourth-order valence-corrected chi connectivity index (χ4v) is 15.4. The first-order valence-electron chi connectivity index (χ1n) is 21.2.